The van der Waals surface area contributed by atoms with Crippen LogP contribution in [0.3, 0.4) is 0 Å². The fourth-order valence-corrected chi connectivity index (χ4v) is 4.67. The van der Waals surface area contributed by atoms with Crippen molar-refractivity contribution in [3.8, 4) is 0 Å². The summed E-state index contributed by atoms with van der Waals surface area (Å²) < 4.78 is 0. The van der Waals surface area contributed by atoms with Gasteiger partial charge >= 0.3 is 0 Å². The van der Waals surface area contributed by atoms with E-state index in [0.717, 1.165) is 47.6 Å². The van der Waals surface area contributed by atoms with Gasteiger partial charge in [-0.1, -0.05) is 48.0 Å². The summed E-state index contributed by atoms with van der Waals surface area (Å²) in [6.45, 7) is 6.80. The fourth-order valence-electron chi connectivity index (χ4n) is 3.63. The van der Waals surface area contributed by atoms with Crippen LogP contribution in [0, 0.1) is 0 Å². The number of thiazole rings is 1. The Morgan fingerprint density at radius 3 is 2.50 bits per heavy atom. The first kappa shape index (κ1) is 20.7. The number of rotatable bonds is 6. The van der Waals surface area contributed by atoms with E-state index in [2.05, 4.69) is 20.9 Å². The molecule has 1 fully saturated rings. The van der Waals surface area contributed by atoms with Gasteiger partial charge in [-0.05, 0) is 30.7 Å². The van der Waals surface area contributed by atoms with Crippen LogP contribution in [0.25, 0.3) is 0 Å². The molecule has 3 aromatic rings. The number of hydrogen-bond donors (Lipinski definition) is 0. The molecule has 156 valence electrons. The molecule has 0 spiro atoms. The lowest BCUT2D eigenvalue weighted by molar-refractivity contribution is 0.0747. The van der Waals surface area contributed by atoms with Crippen LogP contribution >= 0.6 is 22.9 Å². The number of piperazine rings is 1. The molecule has 1 aliphatic heterocycles. The summed E-state index contributed by atoms with van der Waals surface area (Å²) in [5.74, 6) is -0.0126. The topological polar surface area (TPSA) is 39.7 Å². The Balaban J connectivity index is 1.38. The maximum Gasteiger partial charge on any atom is 0.273 e. The summed E-state index contributed by atoms with van der Waals surface area (Å²) in [4.78, 5) is 24.1. The number of aromatic nitrogens is 1. The molecule has 30 heavy (non-hydrogen) atoms. The van der Waals surface area contributed by atoms with E-state index >= 15 is 0 Å². The number of anilines is 2. The van der Waals surface area contributed by atoms with E-state index in [9.17, 15) is 4.79 Å². The summed E-state index contributed by atoms with van der Waals surface area (Å²) in [5, 5.41) is 3.56. The molecular weight excluding hydrogens is 416 g/mol. The lowest BCUT2D eigenvalue weighted by Crippen LogP contribution is -2.46. The van der Waals surface area contributed by atoms with E-state index in [1.54, 1.807) is 11.3 Å². The van der Waals surface area contributed by atoms with Crippen molar-refractivity contribution in [2.75, 3.05) is 42.5 Å². The molecular formula is C23H25ClN4OS. The van der Waals surface area contributed by atoms with Gasteiger partial charge in [0, 0.05) is 55.4 Å². The minimum absolute atomic E-state index is 0.0126. The van der Waals surface area contributed by atoms with Crippen molar-refractivity contribution in [2.45, 2.75) is 13.5 Å². The Morgan fingerprint density at radius 2 is 1.80 bits per heavy atom. The number of carbonyl (C=O) groups is 1. The molecule has 7 heteroatoms. The molecule has 4 rings (SSSR count). The lowest BCUT2D eigenvalue weighted by atomic mass is 10.2. The minimum atomic E-state index is -0.0126. The van der Waals surface area contributed by atoms with Gasteiger partial charge in [-0.25, -0.2) is 4.98 Å². The summed E-state index contributed by atoms with van der Waals surface area (Å²) in [6, 6.07) is 18.0. The first-order valence-electron chi connectivity index (χ1n) is 10.2. The molecule has 2 heterocycles. The largest absolute Gasteiger partial charge is 0.368 e. The Bertz CT molecular complexity index is 986. The first-order chi connectivity index (χ1) is 14.6. The molecule has 2 aromatic carbocycles. The second-order valence-electron chi connectivity index (χ2n) is 7.27. The van der Waals surface area contributed by atoms with E-state index in [1.165, 1.54) is 0 Å². The maximum absolute atomic E-state index is 13.0. The Kier molecular flexibility index (Phi) is 6.55. The zero-order valence-corrected chi connectivity index (χ0v) is 18.6. The van der Waals surface area contributed by atoms with Crippen molar-refractivity contribution in [1.29, 1.82) is 0 Å². The monoisotopic (exact) mass is 440 g/mol. The number of amides is 1. The number of benzene rings is 2. The van der Waals surface area contributed by atoms with E-state index in [-0.39, 0.29) is 5.91 Å². The van der Waals surface area contributed by atoms with Crippen molar-refractivity contribution in [2.24, 2.45) is 0 Å². The van der Waals surface area contributed by atoms with Gasteiger partial charge in [0.25, 0.3) is 5.91 Å². The van der Waals surface area contributed by atoms with Gasteiger partial charge in [-0.15, -0.1) is 11.3 Å². The predicted octanol–water partition coefficient (Wildman–Crippen LogP) is 4.79. The number of nitrogens with zero attached hydrogens (tertiary/aromatic N) is 4. The third-order valence-electron chi connectivity index (χ3n) is 5.32. The summed E-state index contributed by atoms with van der Waals surface area (Å²) in [5.41, 5.74) is 2.81. The van der Waals surface area contributed by atoms with E-state index < -0.39 is 0 Å². The summed E-state index contributed by atoms with van der Waals surface area (Å²) in [6.07, 6.45) is 0. The van der Waals surface area contributed by atoms with Crippen molar-refractivity contribution in [1.82, 2.24) is 9.88 Å². The van der Waals surface area contributed by atoms with Crippen LogP contribution in [0.1, 0.15) is 23.0 Å². The van der Waals surface area contributed by atoms with Gasteiger partial charge in [0.05, 0.1) is 0 Å². The molecule has 1 saturated heterocycles. The highest BCUT2D eigenvalue weighted by molar-refractivity contribution is 7.13. The van der Waals surface area contributed by atoms with Crippen molar-refractivity contribution < 1.29 is 4.79 Å². The van der Waals surface area contributed by atoms with Crippen LogP contribution in [-0.4, -0.2) is 48.5 Å². The summed E-state index contributed by atoms with van der Waals surface area (Å²) >= 11 is 7.67. The molecule has 1 amide bonds. The van der Waals surface area contributed by atoms with Crippen LogP contribution in [0.4, 0.5) is 10.8 Å². The molecule has 0 bridgehead atoms. The zero-order valence-electron chi connectivity index (χ0n) is 17.0. The van der Waals surface area contributed by atoms with Gasteiger partial charge in [-0.2, -0.15) is 0 Å². The van der Waals surface area contributed by atoms with Gasteiger partial charge in [0.2, 0.25) is 0 Å². The van der Waals surface area contributed by atoms with Crippen LogP contribution in [0.15, 0.2) is 60.0 Å². The van der Waals surface area contributed by atoms with E-state index in [1.807, 2.05) is 65.7 Å². The van der Waals surface area contributed by atoms with E-state index in [0.29, 0.717) is 18.8 Å². The highest BCUT2D eigenvalue weighted by Crippen LogP contribution is 2.26. The first-order valence-corrected chi connectivity index (χ1v) is 11.4. The van der Waals surface area contributed by atoms with Gasteiger partial charge in [0.1, 0.15) is 5.69 Å². The third-order valence-corrected chi connectivity index (χ3v) is 6.46. The average molecular weight is 441 g/mol. The highest BCUT2D eigenvalue weighted by atomic mass is 35.5. The molecule has 0 radical (unpaired) electrons. The smallest absolute Gasteiger partial charge is 0.273 e. The molecule has 0 saturated carbocycles. The maximum atomic E-state index is 13.0. The van der Waals surface area contributed by atoms with Crippen LogP contribution in [-0.2, 0) is 6.54 Å². The van der Waals surface area contributed by atoms with Crippen LogP contribution in [0.5, 0.6) is 0 Å². The zero-order chi connectivity index (χ0) is 20.9. The second-order valence-corrected chi connectivity index (χ2v) is 8.55. The third kappa shape index (κ3) is 4.77. The Hall–Kier alpha value is -2.57. The van der Waals surface area contributed by atoms with Crippen LogP contribution in [0.2, 0.25) is 5.02 Å². The Labute approximate surface area is 186 Å². The molecule has 0 aliphatic carbocycles. The van der Waals surface area contributed by atoms with Gasteiger partial charge < -0.3 is 14.7 Å². The molecule has 0 atom stereocenters. The molecule has 1 aromatic heterocycles. The average Bonchev–Trinajstić information content (AvgIpc) is 3.28. The Morgan fingerprint density at radius 1 is 1.07 bits per heavy atom. The van der Waals surface area contributed by atoms with Crippen LogP contribution < -0.4 is 9.80 Å². The predicted molar refractivity (Wildman–Crippen MR) is 125 cm³/mol. The van der Waals surface area contributed by atoms with E-state index in [4.69, 9.17) is 11.6 Å². The molecule has 0 unspecified atom stereocenters. The van der Waals surface area contributed by atoms with Crippen molar-refractivity contribution >= 4 is 39.7 Å². The standard InChI is InChI=1S/C23H25ClN4OS/c1-2-26(16-18-7-4-3-5-8-18)22(29)21-17-30-23(25-21)28-13-11-27(12-14-28)20-10-6-9-19(24)15-20/h3-10,15,17H,2,11-14,16H2,1H3. The van der Waals surface area contributed by atoms with Crippen molar-refractivity contribution in [3.05, 3.63) is 76.3 Å². The molecule has 1 aliphatic rings. The SMILES string of the molecule is CCN(Cc1ccccc1)C(=O)c1csc(N2CCN(c3cccc(Cl)c3)CC2)n1. The molecule has 5 nitrogen and oxygen atoms in total. The molecule has 0 N–H and O–H groups in total. The van der Waals surface area contributed by atoms with Gasteiger partial charge in [-0.3, -0.25) is 4.79 Å². The fraction of sp³-hybridized carbons (Fsp3) is 0.304. The number of hydrogen-bond acceptors (Lipinski definition) is 5. The lowest BCUT2D eigenvalue weighted by Gasteiger charge is -2.36. The van der Waals surface area contributed by atoms with Crippen molar-refractivity contribution in [3.63, 3.8) is 0 Å². The second kappa shape index (κ2) is 9.49. The summed E-state index contributed by atoms with van der Waals surface area (Å²) in [7, 11) is 0. The normalized spacial score (nSPS) is 14.1. The quantitative estimate of drug-likeness (QED) is 0.552. The highest BCUT2D eigenvalue weighted by Gasteiger charge is 2.23. The number of carbonyl (C=O) groups excluding carboxylic acids is 1. The minimum Gasteiger partial charge on any atom is -0.368 e. The number of halogens is 1. The van der Waals surface area contributed by atoms with Gasteiger partial charge in [0.15, 0.2) is 5.13 Å².